The average molecular weight is 633 g/mol. The molecule has 4 aliphatic rings. The first-order chi connectivity index (χ1) is 17.9. The summed E-state index contributed by atoms with van der Waals surface area (Å²) in [5, 5.41) is 0. The fourth-order valence-corrected chi connectivity index (χ4v) is 9.33. The topological polar surface area (TPSA) is 86.7 Å². The molecule has 3 fully saturated rings. The van der Waals surface area contributed by atoms with Crippen LogP contribution in [0.4, 0.5) is 0 Å². The minimum absolute atomic E-state index is 0.0119. The number of fused-ring (bicyclic) bond motifs is 5. The zero-order chi connectivity index (χ0) is 27.5. The van der Waals surface area contributed by atoms with Crippen LogP contribution in [-0.4, -0.2) is 35.7 Å². The number of Topliss-reactive ketones (excluding diaryl/α,β-unsaturated/α-hetero) is 1. The highest BCUT2D eigenvalue weighted by Crippen LogP contribution is 2.69. The smallest absolute Gasteiger partial charge is 0.339 e. The van der Waals surface area contributed by atoms with E-state index in [1.54, 1.807) is 18.2 Å². The fraction of sp³-hybridized carbons (Fsp3) is 0.613. The number of halogens is 1. The van der Waals surface area contributed by atoms with Crippen molar-refractivity contribution in [2.75, 3.05) is 6.61 Å². The SMILES string of the molecule is CC(=O)OCC(=O)[C@@]1(OC(=O)c2cccc(I)c2)CC[C@H]2[C@@H]3C[C@H](C)C4=CC(=O)CC[C@]4(C)[C@H]3CC[C@@]21C. The number of rotatable bonds is 5. The zero-order valence-electron chi connectivity index (χ0n) is 22.7. The molecule has 7 atom stereocenters. The van der Waals surface area contributed by atoms with Crippen LogP contribution < -0.4 is 0 Å². The molecule has 0 unspecified atom stereocenters. The van der Waals surface area contributed by atoms with Crippen molar-refractivity contribution in [1.82, 2.24) is 0 Å². The predicted octanol–water partition coefficient (Wildman–Crippen LogP) is 6.10. The largest absolute Gasteiger partial charge is 0.458 e. The number of carbonyl (C=O) groups excluding carboxylic acids is 4. The summed E-state index contributed by atoms with van der Waals surface area (Å²) in [7, 11) is 0. The lowest BCUT2D eigenvalue weighted by Crippen LogP contribution is -2.60. The first-order valence-electron chi connectivity index (χ1n) is 13.8. The van der Waals surface area contributed by atoms with Crippen LogP contribution >= 0.6 is 22.6 Å². The van der Waals surface area contributed by atoms with Crippen LogP contribution in [0.2, 0.25) is 0 Å². The van der Waals surface area contributed by atoms with Crippen LogP contribution in [0.5, 0.6) is 0 Å². The summed E-state index contributed by atoms with van der Waals surface area (Å²) >= 11 is 2.16. The molecular formula is C31H37IO6. The van der Waals surface area contributed by atoms with Gasteiger partial charge < -0.3 is 9.47 Å². The van der Waals surface area contributed by atoms with Crippen LogP contribution in [0.3, 0.4) is 0 Å². The Hall–Kier alpha value is -2.03. The second kappa shape index (κ2) is 9.86. The van der Waals surface area contributed by atoms with Gasteiger partial charge in [-0.25, -0.2) is 4.79 Å². The summed E-state index contributed by atoms with van der Waals surface area (Å²) in [6.07, 6.45) is 7.23. The lowest BCUT2D eigenvalue weighted by atomic mass is 9.44. The molecule has 6 nitrogen and oxygen atoms in total. The van der Waals surface area contributed by atoms with Crippen molar-refractivity contribution in [3.05, 3.63) is 45.0 Å². The summed E-state index contributed by atoms with van der Waals surface area (Å²) in [5.74, 6) is 0.180. The second-order valence-corrected chi connectivity index (χ2v) is 13.7. The Morgan fingerprint density at radius 1 is 1.08 bits per heavy atom. The first kappa shape index (κ1) is 27.5. The Bertz CT molecular complexity index is 1220. The lowest BCUT2D eigenvalue weighted by Gasteiger charge is -2.60. The van der Waals surface area contributed by atoms with Crippen molar-refractivity contribution < 1.29 is 28.7 Å². The molecule has 0 radical (unpaired) electrons. The number of carbonyl (C=O) groups is 4. The monoisotopic (exact) mass is 632 g/mol. The molecule has 0 N–H and O–H groups in total. The van der Waals surface area contributed by atoms with Crippen molar-refractivity contribution in [2.45, 2.75) is 78.2 Å². The van der Waals surface area contributed by atoms with E-state index in [0.717, 1.165) is 35.7 Å². The quantitative estimate of drug-likeness (QED) is 0.288. The molecule has 7 heteroatoms. The zero-order valence-corrected chi connectivity index (χ0v) is 24.8. The van der Waals surface area contributed by atoms with Crippen molar-refractivity contribution >= 4 is 46.1 Å². The van der Waals surface area contributed by atoms with E-state index in [9.17, 15) is 19.2 Å². The second-order valence-electron chi connectivity index (χ2n) is 12.4. The fourth-order valence-electron chi connectivity index (χ4n) is 8.78. The van der Waals surface area contributed by atoms with Gasteiger partial charge in [-0.2, -0.15) is 0 Å². The minimum Gasteiger partial charge on any atom is -0.458 e. The van der Waals surface area contributed by atoms with Gasteiger partial charge in [0.05, 0.1) is 5.56 Å². The average Bonchev–Trinajstić information content (AvgIpc) is 3.16. The molecule has 0 saturated heterocycles. The molecule has 0 heterocycles. The van der Waals surface area contributed by atoms with Crippen molar-refractivity contribution in [3.63, 3.8) is 0 Å². The molecule has 1 aromatic rings. The van der Waals surface area contributed by atoms with Crippen LogP contribution in [0.1, 0.15) is 83.0 Å². The Morgan fingerprint density at radius 2 is 1.82 bits per heavy atom. The number of allylic oxidation sites excluding steroid dienone is 1. The Morgan fingerprint density at radius 3 is 2.53 bits per heavy atom. The number of benzene rings is 1. The number of ketones is 2. The third-order valence-corrected chi connectivity index (χ3v) is 11.3. The maximum absolute atomic E-state index is 13.9. The van der Waals surface area contributed by atoms with Gasteiger partial charge in [-0.1, -0.05) is 32.4 Å². The van der Waals surface area contributed by atoms with Crippen LogP contribution in [-0.2, 0) is 23.9 Å². The lowest BCUT2D eigenvalue weighted by molar-refractivity contribution is -0.171. The van der Waals surface area contributed by atoms with Gasteiger partial charge in [0.2, 0.25) is 5.78 Å². The Balaban J connectivity index is 1.51. The highest BCUT2D eigenvalue weighted by molar-refractivity contribution is 14.1. The van der Waals surface area contributed by atoms with Gasteiger partial charge in [0.1, 0.15) is 0 Å². The molecule has 0 aliphatic heterocycles. The third kappa shape index (κ3) is 4.27. The van der Waals surface area contributed by atoms with Crippen LogP contribution in [0.15, 0.2) is 35.9 Å². The van der Waals surface area contributed by atoms with E-state index in [0.29, 0.717) is 36.2 Å². The first-order valence-corrected chi connectivity index (χ1v) is 14.9. The van der Waals surface area contributed by atoms with Gasteiger partial charge in [-0.3, -0.25) is 14.4 Å². The molecule has 38 heavy (non-hydrogen) atoms. The van der Waals surface area contributed by atoms with Gasteiger partial charge in [0.15, 0.2) is 18.0 Å². The van der Waals surface area contributed by atoms with Crippen molar-refractivity contribution in [3.8, 4) is 0 Å². The van der Waals surface area contributed by atoms with E-state index in [2.05, 4.69) is 43.4 Å². The van der Waals surface area contributed by atoms with Gasteiger partial charge in [0.25, 0.3) is 0 Å². The molecule has 5 rings (SSSR count). The Kier molecular flexibility index (Phi) is 7.15. The summed E-state index contributed by atoms with van der Waals surface area (Å²) in [6.45, 7) is 7.58. The molecule has 0 amide bonds. The van der Waals surface area contributed by atoms with E-state index >= 15 is 0 Å². The van der Waals surface area contributed by atoms with E-state index in [-0.39, 0.29) is 22.9 Å². The summed E-state index contributed by atoms with van der Waals surface area (Å²) < 4.78 is 12.4. The molecule has 3 saturated carbocycles. The normalized spacial score (nSPS) is 37.8. The summed E-state index contributed by atoms with van der Waals surface area (Å²) in [6, 6.07) is 7.18. The number of esters is 2. The summed E-state index contributed by atoms with van der Waals surface area (Å²) in [5.41, 5.74) is -0.205. The highest BCUT2D eigenvalue weighted by atomic mass is 127. The third-order valence-electron chi connectivity index (χ3n) is 10.6. The van der Waals surface area contributed by atoms with Gasteiger partial charge >= 0.3 is 11.9 Å². The van der Waals surface area contributed by atoms with E-state index in [1.165, 1.54) is 12.5 Å². The number of hydrogen-bond acceptors (Lipinski definition) is 6. The van der Waals surface area contributed by atoms with Gasteiger partial charge in [-0.05, 0) is 114 Å². The summed E-state index contributed by atoms with van der Waals surface area (Å²) in [4.78, 5) is 51.3. The highest BCUT2D eigenvalue weighted by Gasteiger charge is 2.69. The molecular weight excluding hydrogens is 595 g/mol. The van der Waals surface area contributed by atoms with Crippen molar-refractivity contribution in [2.24, 2.45) is 34.5 Å². The van der Waals surface area contributed by atoms with Gasteiger partial charge in [0, 0.05) is 22.3 Å². The maximum Gasteiger partial charge on any atom is 0.339 e. The molecule has 4 aliphatic carbocycles. The predicted molar refractivity (Wildman–Crippen MR) is 150 cm³/mol. The molecule has 0 bridgehead atoms. The van der Waals surface area contributed by atoms with Crippen molar-refractivity contribution in [1.29, 1.82) is 0 Å². The van der Waals surface area contributed by atoms with E-state index < -0.39 is 29.6 Å². The molecule has 1 aromatic carbocycles. The number of hydrogen-bond donors (Lipinski definition) is 0. The van der Waals surface area contributed by atoms with Crippen LogP contribution in [0, 0.1) is 38.1 Å². The standard InChI is InChI=1S/C31H37IO6/c1-18-14-23-24(29(3)11-8-22(34)16-26(18)29)9-12-30(4)25(23)10-13-31(30,27(35)17-37-19(2)33)38-28(36)20-6-5-7-21(32)15-20/h5-7,15-16,18,23-25H,8-14,17H2,1-4H3/t18-,23+,24-,25-,29+,30-,31-/m0/s1. The molecule has 0 aromatic heterocycles. The van der Waals surface area contributed by atoms with Crippen LogP contribution in [0.25, 0.3) is 0 Å². The van der Waals surface area contributed by atoms with Gasteiger partial charge in [-0.15, -0.1) is 0 Å². The molecule has 204 valence electrons. The molecule has 0 spiro atoms. The van der Waals surface area contributed by atoms with E-state index in [4.69, 9.17) is 9.47 Å². The van der Waals surface area contributed by atoms with E-state index in [1.807, 2.05) is 12.1 Å². The maximum atomic E-state index is 13.9. The Labute approximate surface area is 238 Å². The number of ether oxygens (including phenoxy) is 2. The minimum atomic E-state index is -1.35.